The standard InChI is InChI=1S/C18H16N2O14S4/c21-3-4-35(24,25)10-1-2-13(22)12(7-10)19-20-17-15(38(32,33)34)6-9-5-11(36(26,27)28)8-14(37(29,30)31)16(9)18(17)23/h1-2,5-8,21-23H,3-4H2,(H,26,27,28)(H,29,30,31)(H,32,33,34)/b20-19+. The van der Waals surface area contributed by atoms with Crippen LogP contribution in [0.3, 0.4) is 0 Å². The molecule has 0 aliphatic carbocycles. The topological polar surface area (TPSA) is 283 Å². The maximum atomic E-state index is 12.2. The zero-order valence-corrected chi connectivity index (χ0v) is 21.6. The molecule has 38 heavy (non-hydrogen) atoms. The fourth-order valence-corrected chi connectivity index (χ4v) is 6.25. The number of phenols is 2. The van der Waals surface area contributed by atoms with Gasteiger partial charge < -0.3 is 15.3 Å². The molecule has 0 atom stereocenters. The number of hydrogen-bond donors (Lipinski definition) is 6. The van der Waals surface area contributed by atoms with Gasteiger partial charge in [0.15, 0.2) is 15.6 Å². The molecule has 206 valence electrons. The lowest BCUT2D eigenvalue weighted by atomic mass is 10.1. The molecule has 0 aliphatic rings. The molecule has 0 saturated heterocycles. The Morgan fingerprint density at radius 3 is 1.82 bits per heavy atom. The van der Waals surface area contributed by atoms with E-state index in [1.165, 1.54) is 0 Å². The highest BCUT2D eigenvalue weighted by Crippen LogP contribution is 2.45. The van der Waals surface area contributed by atoms with Gasteiger partial charge in [0, 0.05) is 5.39 Å². The van der Waals surface area contributed by atoms with Gasteiger partial charge >= 0.3 is 0 Å². The molecule has 0 radical (unpaired) electrons. The zero-order chi connectivity index (χ0) is 28.8. The molecular formula is C18H16N2O14S4. The second kappa shape index (κ2) is 9.81. The minimum absolute atomic E-state index is 0.252. The van der Waals surface area contributed by atoms with E-state index >= 15 is 0 Å². The Labute approximate surface area is 214 Å². The van der Waals surface area contributed by atoms with E-state index in [4.69, 9.17) is 5.11 Å². The van der Waals surface area contributed by atoms with Gasteiger partial charge in [0.05, 0.1) is 22.2 Å². The van der Waals surface area contributed by atoms with Gasteiger partial charge in [-0.2, -0.15) is 25.3 Å². The zero-order valence-electron chi connectivity index (χ0n) is 18.4. The Bertz CT molecular complexity index is 1930. The van der Waals surface area contributed by atoms with Crippen LogP contribution in [0.2, 0.25) is 0 Å². The summed E-state index contributed by atoms with van der Waals surface area (Å²) < 4.78 is 124. The van der Waals surface area contributed by atoms with Crippen LogP contribution >= 0.6 is 0 Å². The number of hydrogen-bond acceptors (Lipinski definition) is 13. The number of azo groups is 1. The Hall–Kier alpha value is -3.24. The molecule has 0 fully saturated rings. The van der Waals surface area contributed by atoms with E-state index in [9.17, 15) is 57.5 Å². The van der Waals surface area contributed by atoms with Gasteiger partial charge in [-0.05, 0) is 41.8 Å². The van der Waals surface area contributed by atoms with Crippen LogP contribution in [0.1, 0.15) is 0 Å². The van der Waals surface area contributed by atoms with Gasteiger partial charge in [-0.15, -0.1) is 10.2 Å². The van der Waals surface area contributed by atoms with E-state index in [0.29, 0.717) is 12.1 Å². The lowest BCUT2D eigenvalue weighted by molar-refractivity contribution is 0.319. The maximum absolute atomic E-state index is 12.2. The molecule has 0 bridgehead atoms. The third-order valence-corrected chi connectivity index (χ3v) is 9.13. The largest absolute Gasteiger partial charge is 0.506 e. The van der Waals surface area contributed by atoms with E-state index in [0.717, 1.165) is 18.2 Å². The summed E-state index contributed by atoms with van der Waals surface area (Å²) in [6.45, 7) is -0.738. The number of aliphatic hydroxyl groups is 1. The van der Waals surface area contributed by atoms with Crippen molar-refractivity contribution in [2.45, 2.75) is 19.6 Å². The number of benzene rings is 3. The maximum Gasteiger partial charge on any atom is 0.296 e. The van der Waals surface area contributed by atoms with E-state index in [-0.39, 0.29) is 6.07 Å². The molecule has 3 aromatic carbocycles. The summed E-state index contributed by atoms with van der Waals surface area (Å²) in [6, 6.07) is 3.83. The quantitative estimate of drug-likeness (QED) is 0.154. The molecule has 3 aromatic rings. The average Bonchev–Trinajstić information content (AvgIpc) is 2.76. The Morgan fingerprint density at radius 2 is 1.29 bits per heavy atom. The first-order valence-electron chi connectivity index (χ1n) is 9.62. The summed E-state index contributed by atoms with van der Waals surface area (Å²) in [5.74, 6) is -2.75. The lowest BCUT2D eigenvalue weighted by Gasteiger charge is -2.12. The molecule has 3 rings (SSSR count). The SMILES string of the molecule is O=S(=O)(O)c1cc(S(=O)(=O)O)c2c(O)c(/N=N/c3cc(S(=O)(=O)CCO)ccc3O)c(S(=O)(=O)O)cc2c1. The number of nitrogens with zero attached hydrogens (tertiary/aromatic N) is 2. The highest BCUT2D eigenvalue weighted by molar-refractivity contribution is 7.91. The van der Waals surface area contributed by atoms with Crippen molar-refractivity contribution in [3.63, 3.8) is 0 Å². The van der Waals surface area contributed by atoms with Crippen molar-refractivity contribution in [3.05, 3.63) is 36.4 Å². The fraction of sp³-hybridized carbons (Fsp3) is 0.111. The Balaban J connectivity index is 2.41. The number of phenolic OH excluding ortho intramolecular Hbond substituents is 2. The smallest absolute Gasteiger partial charge is 0.296 e. The van der Waals surface area contributed by atoms with E-state index in [2.05, 4.69) is 10.2 Å². The summed E-state index contributed by atoms with van der Waals surface area (Å²) in [4.78, 5) is -4.14. The van der Waals surface area contributed by atoms with Crippen molar-refractivity contribution in [1.82, 2.24) is 0 Å². The van der Waals surface area contributed by atoms with E-state index in [1.54, 1.807) is 0 Å². The van der Waals surface area contributed by atoms with Crippen LogP contribution in [0, 0.1) is 0 Å². The molecule has 0 heterocycles. The molecule has 0 spiro atoms. The molecule has 0 saturated carbocycles. The molecule has 0 aliphatic heterocycles. The Morgan fingerprint density at radius 1 is 0.684 bits per heavy atom. The fourth-order valence-electron chi connectivity index (χ4n) is 3.19. The number of aromatic hydroxyl groups is 2. The molecule has 0 unspecified atom stereocenters. The molecular weight excluding hydrogens is 596 g/mol. The van der Waals surface area contributed by atoms with Gasteiger partial charge in [-0.1, -0.05) is 0 Å². The van der Waals surface area contributed by atoms with Crippen LogP contribution in [0.5, 0.6) is 11.5 Å². The van der Waals surface area contributed by atoms with Crippen molar-refractivity contribution >= 4 is 62.3 Å². The van der Waals surface area contributed by atoms with Crippen molar-refractivity contribution in [3.8, 4) is 11.5 Å². The van der Waals surface area contributed by atoms with Crippen molar-refractivity contribution in [1.29, 1.82) is 0 Å². The van der Waals surface area contributed by atoms with E-state index in [1.807, 2.05) is 0 Å². The first-order chi connectivity index (χ1) is 17.3. The van der Waals surface area contributed by atoms with E-state index < -0.39 is 106 Å². The second-order valence-corrected chi connectivity index (χ2v) is 13.7. The van der Waals surface area contributed by atoms with Gasteiger partial charge in [0.25, 0.3) is 30.4 Å². The summed E-state index contributed by atoms with van der Waals surface area (Å²) in [5, 5.41) is 34.9. The van der Waals surface area contributed by atoms with Gasteiger partial charge in [0.1, 0.15) is 26.9 Å². The van der Waals surface area contributed by atoms with Gasteiger partial charge in [0.2, 0.25) is 0 Å². The van der Waals surface area contributed by atoms with Crippen LogP contribution < -0.4 is 0 Å². The highest BCUT2D eigenvalue weighted by atomic mass is 32.2. The summed E-state index contributed by atoms with van der Waals surface area (Å²) in [7, 11) is -19.8. The molecule has 0 aromatic heterocycles. The first-order valence-corrected chi connectivity index (χ1v) is 15.6. The first kappa shape index (κ1) is 29.3. The Kier molecular flexibility index (Phi) is 7.57. The van der Waals surface area contributed by atoms with Crippen molar-refractivity contribution in [2.24, 2.45) is 10.2 Å². The van der Waals surface area contributed by atoms with Crippen molar-refractivity contribution in [2.75, 3.05) is 12.4 Å². The number of rotatable bonds is 8. The molecule has 16 nitrogen and oxygen atoms in total. The van der Waals surface area contributed by atoms with Crippen LogP contribution in [-0.4, -0.2) is 75.0 Å². The van der Waals surface area contributed by atoms with Crippen LogP contribution in [0.25, 0.3) is 10.8 Å². The van der Waals surface area contributed by atoms with Crippen LogP contribution in [0.4, 0.5) is 11.4 Å². The molecule has 20 heteroatoms. The number of aliphatic hydroxyl groups excluding tert-OH is 1. The van der Waals surface area contributed by atoms with Gasteiger partial charge in [-0.3, -0.25) is 13.7 Å². The third-order valence-electron chi connectivity index (χ3n) is 4.86. The highest BCUT2D eigenvalue weighted by Gasteiger charge is 2.28. The summed E-state index contributed by atoms with van der Waals surface area (Å²) in [6.07, 6.45) is 0. The van der Waals surface area contributed by atoms with Gasteiger partial charge in [-0.25, -0.2) is 8.42 Å². The second-order valence-electron chi connectivity index (χ2n) is 7.41. The molecule has 6 N–H and O–H groups in total. The lowest BCUT2D eigenvalue weighted by Crippen LogP contribution is -2.09. The normalized spacial score (nSPS) is 13.4. The van der Waals surface area contributed by atoms with Crippen molar-refractivity contribution < 1.29 is 62.6 Å². The summed E-state index contributed by atoms with van der Waals surface area (Å²) >= 11 is 0. The van der Waals surface area contributed by atoms with Crippen LogP contribution in [0.15, 0.2) is 66.2 Å². The average molecular weight is 613 g/mol. The third kappa shape index (κ3) is 5.91. The minimum Gasteiger partial charge on any atom is -0.506 e. The van der Waals surface area contributed by atoms with Crippen LogP contribution in [-0.2, 0) is 40.2 Å². The predicted octanol–water partition coefficient (Wildman–Crippen LogP) is 1.17. The molecule has 0 amide bonds. The monoisotopic (exact) mass is 612 g/mol. The predicted molar refractivity (Wildman–Crippen MR) is 126 cm³/mol. The number of fused-ring (bicyclic) bond motifs is 1. The number of sulfone groups is 1. The summed E-state index contributed by atoms with van der Waals surface area (Å²) in [5.41, 5.74) is -1.77. The minimum atomic E-state index is -5.35.